The van der Waals surface area contributed by atoms with Crippen LogP contribution in [0, 0.1) is 0 Å². The molecule has 2 rings (SSSR count). The number of carbonyl (C=O) groups is 1. The van der Waals surface area contributed by atoms with Crippen LogP contribution in [0.15, 0.2) is 47.1 Å². The smallest absolute Gasteiger partial charge is 0.257 e. The SMILES string of the molecule is COc1ccccc1OCC(=O)NCCS(=O)(=O)NCc1ccco1. The van der Waals surface area contributed by atoms with Gasteiger partial charge in [-0.05, 0) is 24.3 Å². The second kappa shape index (κ2) is 9.09. The standard InChI is InChI=1S/C16H20N2O6S/c1-22-14-6-2-3-7-15(14)24-12-16(19)17-8-10-25(20,21)18-11-13-5-4-9-23-13/h2-7,9,18H,8,10-12H2,1H3,(H,17,19). The number of carbonyl (C=O) groups excluding carboxylic acids is 1. The summed E-state index contributed by atoms with van der Waals surface area (Å²) >= 11 is 0. The minimum Gasteiger partial charge on any atom is -0.493 e. The number of para-hydroxylation sites is 2. The highest BCUT2D eigenvalue weighted by Gasteiger charge is 2.12. The van der Waals surface area contributed by atoms with E-state index in [2.05, 4.69) is 10.0 Å². The Kier molecular flexibility index (Phi) is 6.84. The van der Waals surface area contributed by atoms with E-state index in [0.717, 1.165) is 0 Å². The Morgan fingerprint density at radius 1 is 1.16 bits per heavy atom. The van der Waals surface area contributed by atoms with Gasteiger partial charge in [0.05, 0.1) is 25.7 Å². The summed E-state index contributed by atoms with van der Waals surface area (Å²) in [4.78, 5) is 11.7. The van der Waals surface area contributed by atoms with E-state index < -0.39 is 15.9 Å². The predicted octanol–water partition coefficient (Wildman–Crippen LogP) is 0.903. The Labute approximate surface area is 146 Å². The summed E-state index contributed by atoms with van der Waals surface area (Å²) in [5, 5.41) is 2.49. The minimum absolute atomic E-state index is 0.0262. The first-order valence-electron chi connectivity index (χ1n) is 7.52. The van der Waals surface area contributed by atoms with Crippen LogP contribution in [0.5, 0.6) is 11.5 Å². The van der Waals surface area contributed by atoms with Gasteiger partial charge in [0.25, 0.3) is 5.91 Å². The third-order valence-corrected chi connectivity index (χ3v) is 4.49. The fourth-order valence-electron chi connectivity index (χ4n) is 1.92. The van der Waals surface area contributed by atoms with Crippen molar-refractivity contribution in [1.82, 2.24) is 10.0 Å². The summed E-state index contributed by atoms with van der Waals surface area (Å²) < 4.78 is 41.5. The fraction of sp³-hybridized carbons (Fsp3) is 0.312. The van der Waals surface area contributed by atoms with Crippen LogP contribution in [0.3, 0.4) is 0 Å². The number of furan rings is 1. The Hall–Kier alpha value is -2.52. The molecule has 0 aliphatic carbocycles. The molecule has 0 saturated heterocycles. The van der Waals surface area contributed by atoms with Gasteiger partial charge in [0.15, 0.2) is 18.1 Å². The Morgan fingerprint density at radius 2 is 1.92 bits per heavy atom. The van der Waals surface area contributed by atoms with E-state index in [4.69, 9.17) is 13.9 Å². The Bertz CT molecular complexity index is 774. The number of methoxy groups -OCH3 is 1. The highest BCUT2D eigenvalue weighted by atomic mass is 32.2. The van der Waals surface area contributed by atoms with Gasteiger partial charge in [-0.2, -0.15) is 0 Å². The zero-order valence-corrected chi connectivity index (χ0v) is 14.5. The first kappa shape index (κ1) is 18.8. The summed E-state index contributed by atoms with van der Waals surface area (Å²) in [5.74, 6) is 0.798. The van der Waals surface area contributed by atoms with E-state index in [9.17, 15) is 13.2 Å². The van der Waals surface area contributed by atoms with E-state index in [-0.39, 0.29) is 25.4 Å². The molecule has 0 unspecified atom stereocenters. The predicted molar refractivity (Wildman–Crippen MR) is 90.8 cm³/mol. The normalized spacial score (nSPS) is 11.1. The molecule has 2 N–H and O–H groups in total. The molecule has 0 spiro atoms. The topological polar surface area (TPSA) is 107 Å². The van der Waals surface area contributed by atoms with Gasteiger partial charge in [-0.1, -0.05) is 12.1 Å². The third kappa shape index (κ3) is 6.48. The number of amides is 1. The summed E-state index contributed by atoms with van der Waals surface area (Å²) in [6.07, 6.45) is 1.46. The summed E-state index contributed by atoms with van der Waals surface area (Å²) in [6, 6.07) is 10.3. The molecule has 0 aliphatic heterocycles. The van der Waals surface area contributed by atoms with Crippen molar-refractivity contribution < 1.29 is 27.1 Å². The minimum atomic E-state index is -3.52. The molecule has 0 bridgehead atoms. The Morgan fingerprint density at radius 3 is 2.60 bits per heavy atom. The molecule has 2 aromatic rings. The van der Waals surface area contributed by atoms with Gasteiger partial charge in [-0.25, -0.2) is 13.1 Å². The van der Waals surface area contributed by atoms with Crippen LogP contribution in [-0.4, -0.2) is 40.3 Å². The molecule has 1 heterocycles. The van der Waals surface area contributed by atoms with Crippen molar-refractivity contribution >= 4 is 15.9 Å². The molecule has 25 heavy (non-hydrogen) atoms. The molecule has 1 amide bonds. The number of benzene rings is 1. The molecular weight excluding hydrogens is 348 g/mol. The van der Waals surface area contributed by atoms with Crippen molar-refractivity contribution in [2.45, 2.75) is 6.54 Å². The van der Waals surface area contributed by atoms with Crippen molar-refractivity contribution in [1.29, 1.82) is 0 Å². The summed E-state index contributed by atoms with van der Waals surface area (Å²) in [6.45, 7) is -0.192. The zero-order valence-electron chi connectivity index (χ0n) is 13.7. The van der Waals surface area contributed by atoms with E-state index >= 15 is 0 Å². The lowest BCUT2D eigenvalue weighted by Gasteiger charge is -2.10. The molecule has 136 valence electrons. The van der Waals surface area contributed by atoms with Crippen LogP contribution < -0.4 is 19.5 Å². The lowest BCUT2D eigenvalue weighted by molar-refractivity contribution is -0.122. The third-order valence-electron chi connectivity index (χ3n) is 3.17. The number of nitrogens with one attached hydrogen (secondary N) is 2. The number of hydrogen-bond acceptors (Lipinski definition) is 6. The zero-order chi connectivity index (χ0) is 18.1. The second-order valence-corrected chi connectivity index (χ2v) is 6.94. The highest BCUT2D eigenvalue weighted by Crippen LogP contribution is 2.25. The maximum atomic E-state index is 11.8. The van der Waals surface area contributed by atoms with E-state index in [0.29, 0.717) is 17.3 Å². The largest absolute Gasteiger partial charge is 0.493 e. The molecule has 1 aromatic carbocycles. The van der Waals surface area contributed by atoms with E-state index in [1.807, 2.05) is 0 Å². The molecule has 1 aromatic heterocycles. The summed E-state index contributed by atoms with van der Waals surface area (Å²) in [7, 11) is -2.01. The molecule has 9 heteroatoms. The maximum Gasteiger partial charge on any atom is 0.257 e. The number of ether oxygens (including phenoxy) is 2. The first-order valence-corrected chi connectivity index (χ1v) is 9.17. The molecule has 0 saturated carbocycles. The van der Waals surface area contributed by atoms with Gasteiger partial charge >= 0.3 is 0 Å². The van der Waals surface area contributed by atoms with Crippen LogP contribution in [0.25, 0.3) is 0 Å². The molecule has 0 fully saturated rings. The molecule has 0 atom stereocenters. The summed E-state index contributed by atoms with van der Waals surface area (Å²) in [5.41, 5.74) is 0. The molecule has 0 radical (unpaired) electrons. The van der Waals surface area contributed by atoms with Crippen LogP contribution >= 0.6 is 0 Å². The van der Waals surface area contributed by atoms with Crippen molar-refractivity contribution in [3.05, 3.63) is 48.4 Å². The van der Waals surface area contributed by atoms with Crippen molar-refractivity contribution in [2.75, 3.05) is 26.0 Å². The monoisotopic (exact) mass is 368 g/mol. The molecule has 0 aliphatic rings. The lowest BCUT2D eigenvalue weighted by atomic mass is 10.3. The van der Waals surface area contributed by atoms with Gasteiger partial charge in [0.1, 0.15) is 5.76 Å². The average molecular weight is 368 g/mol. The van der Waals surface area contributed by atoms with Crippen molar-refractivity contribution in [3.8, 4) is 11.5 Å². The number of rotatable bonds is 10. The Balaban J connectivity index is 1.69. The van der Waals surface area contributed by atoms with Crippen LogP contribution in [0.2, 0.25) is 0 Å². The lowest BCUT2D eigenvalue weighted by Crippen LogP contribution is -2.36. The number of hydrogen-bond donors (Lipinski definition) is 2. The first-order chi connectivity index (χ1) is 12.0. The quantitative estimate of drug-likeness (QED) is 0.645. The second-order valence-electron chi connectivity index (χ2n) is 5.01. The molecule has 8 nitrogen and oxygen atoms in total. The van der Waals surface area contributed by atoms with Crippen LogP contribution in [0.1, 0.15) is 5.76 Å². The van der Waals surface area contributed by atoms with Gasteiger partial charge in [-0.15, -0.1) is 0 Å². The van der Waals surface area contributed by atoms with E-state index in [1.165, 1.54) is 13.4 Å². The van der Waals surface area contributed by atoms with Gasteiger partial charge in [0.2, 0.25) is 10.0 Å². The van der Waals surface area contributed by atoms with Gasteiger partial charge in [0, 0.05) is 6.54 Å². The maximum absolute atomic E-state index is 11.8. The highest BCUT2D eigenvalue weighted by molar-refractivity contribution is 7.89. The van der Waals surface area contributed by atoms with Gasteiger partial charge in [-0.3, -0.25) is 4.79 Å². The fourth-order valence-corrected chi connectivity index (χ4v) is 2.80. The van der Waals surface area contributed by atoms with Crippen molar-refractivity contribution in [2.24, 2.45) is 0 Å². The number of sulfonamides is 1. The van der Waals surface area contributed by atoms with Crippen LogP contribution in [-0.2, 0) is 21.4 Å². The average Bonchev–Trinajstić information content (AvgIpc) is 3.12. The van der Waals surface area contributed by atoms with Gasteiger partial charge < -0.3 is 19.2 Å². The van der Waals surface area contributed by atoms with Crippen molar-refractivity contribution in [3.63, 3.8) is 0 Å². The molecular formula is C16H20N2O6S. The van der Waals surface area contributed by atoms with Crippen LogP contribution in [0.4, 0.5) is 0 Å². The van der Waals surface area contributed by atoms with E-state index in [1.54, 1.807) is 36.4 Å².